The monoisotopic (exact) mass is 495 g/mol. The van der Waals surface area contributed by atoms with E-state index < -0.39 is 29.0 Å². The number of aromatic nitrogens is 1. The first kappa shape index (κ1) is 28.1. The Morgan fingerprint density at radius 1 is 1.27 bits per heavy atom. The van der Waals surface area contributed by atoms with Crippen LogP contribution in [0.3, 0.4) is 0 Å². The third-order valence-electron chi connectivity index (χ3n) is 6.42. The van der Waals surface area contributed by atoms with E-state index in [1.54, 1.807) is 11.3 Å². The molecule has 1 aromatic heterocycles. The minimum Gasteiger partial charge on any atom is -0.457 e. The molecule has 0 unspecified atom stereocenters. The van der Waals surface area contributed by atoms with Gasteiger partial charge in [-0.15, -0.1) is 23.1 Å². The van der Waals surface area contributed by atoms with Crippen LogP contribution in [0.4, 0.5) is 0 Å². The molecule has 0 fully saturated rings. The van der Waals surface area contributed by atoms with E-state index in [-0.39, 0.29) is 17.6 Å². The smallest absolute Gasteiger partial charge is 0.309 e. The fraction of sp³-hybridized carbons (Fsp3) is 0.692. The first-order valence-electron chi connectivity index (χ1n) is 11.9. The number of ether oxygens (including phenoxy) is 1. The van der Waals surface area contributed by atoms with Gasteiger partial charge in [-0.25, -0.2) is 4.98 Å². The van der Waals surface area contributed by atoms with Crippen molar-refractivity contribution in [2.45, 2.75) is 109 Å². The van der Waals surface area contributed by atoms with E-state index in [1.165, 1.54) is 17.3 Å². The number of allylic oxidation sites excluding steroid dienone is 1. The highest BCUT2D eigenvalue weighted by atomic mass is 32.2. The van der Waals surface area contributed by atoms with Gasteiger partial charge in [0, 0.05) is 21.8 Å². The van der Waals surface area contributed by atoms with E-state index in [0.29, 0.717) is 6.42 Å². The van der Waals surface area contributed by atoms with Crippen molar-refractivity contribution in [1.29, 1.82) is 0 Å². The maximum atomic E-state index is 12.8. The predicted molar refractivity (Wildman–Crippen MR) is 140 cm³/mol. The second-order valence-corrected chi connectivity index (χ2v) is 13.0. The van der Waals surface area contributed by atoms with Crippen molar-refractivity contribution in [3.63, 3.8) is 0 Å². The van der Waals surface area contributed by atoms with Crippen LogP contribution in [0, 0.1) is 12.8 Å². The number of nitrogens with zero attached hydrogens (tertiary/aromatic N) is 1. The molecule has 33 heavy (non-hydrogen) atoms. The highest BCUT2D eigenvalue weighted by Gasteiger charge is 2.35. The van der Waals surface area contributed by atoms with Crippen LogP contribution in [0.5, 0.6) is 0 Å². The van der Waals surface area contributed by atoms with Gasteiger partial charge in [-0.1, -0.05) is 25.5 Å². The third-order valence-corrected chi connectivity index (χ3v) is 8.74. The van der Waals surface area contributed by atoms with Crippen molar-refractivity contribution < 1.29 is 19.7 Å². The minimum absolute atomic E-state index is 0.0512. The van der Waals surface area contributed by atoms with Gasteiger partial charge in [-0.2, -0.15) is 0 Å². The zero-order valence-electron chi connectivity index (χ0n) is 21.1. The van der Waals surface area contributed by atoms with Crippen LogP contribution < -0.4 is 0 Å². The lowest BCUT2D eigenvalue weighted by Gasteiger charge is -2.35. The molecule has 1 aromatic rings. The zero-order chi connectivity index (χ0) is 24.8. The molecule has 0 saturated carbocycles. The number of thiazole rings is 1. The standard InChI is InChI=1S/C26H41NO4S2/c1-16-9-8-10-17(2)25(30)19(4)33-26(6,7)23(28)14-24(29)31-22(12-11-16)18(3)13-21-15-32-20(5)27-21/h11,13,15,17,19,22-23,25,28,30H,8-10,12,14H2,1-7H3/b16-11-,18-13-/t17-,19+,22-,23+,25-/m0/s1. The average Bonchev–Trinajstić information content (AvgIpc) is 3.13. The number of aryl methyl sites for hydroxylation is 1. The van der Waals surface area contributed by atoms with Gasteiger partial charge in [0.05, 0.1) is 29.3 Å². The topological polar surface area (TPSA) is 79.7 Å². The maximum absolute atomic E-state index is 12.8. The summed E-state index contributed by atoms with van der Waals surface area (Å²) in [5.41, 5.74) is 3.07. The number of hydrogen-bond donors (Lipinski definition) is 2. The second-order valence-electron chi connectivity index (χ2n) is 9.95. The summed E-state index contributed by atoms with van der Waals surface area (Å²) in [6.07, 6.45) is 5.79. The Kier molecular flexibility index (Phi) is 10.7. The van der Waals surface area contributed by atoms with Crippen molar-refractivity contribution in [2.75, 3.05) is 0 Å². The molecule has 1 aliphatic rings. The molecule has 0 aliphatic carbocycles. The van der Waals surface area contributed by atoms with Gasteiger partial charge in [0.2, 0.25) is 0 Å². The SMILES string of the molecule is C/C1=C/C[C@@H](/C(C)=C\c2csc(C)n2)OC(=O)C[C@@H](O)C(C)(C)S[C@H](C)[C@@H](O)[C@@H](C)CCC1. The Hall–Kier alpha value is -1.15. The number of aliphatic hydroxyl groups excluding tert-OH is 2. The quantitative estimate of drug-likeness (QED) is 0.391. The molecular weight excluding hydrogens is 454 g/mol. The number of carbonyl (C=O) groups is 1. The molecule has 0 radical (unpaired) electrons. The Morgan fingerprint density at radius 2 is 1.97 bits per heavy atom. The van der Waals surface area contributed by atoms with E-state index in [9.17, 15) is 15.0 Å². The number of carbonyl (C=O) groups excluding carboxylic acids is 1. The van der Waals surface area contributed by atoms with Crippen molar-refractivity contribution in [3.05, 3.63) is 33.3 Å². The van der Waals surface area contributed by atoms with Crippen molar-refractivity contribution in [3.8, 4) is 0 Å². The van der Waals surface area contributed by atoms with Gasteiger partial charge in [0.15, 0.2) is 0 Å². The second kappa shape index (κ2) is 12.5. The number of esters is 1. The molecule has 2 N–H and O–H groups in total. The normalized spacial score (nSPS) is 32.6. The van der Waals surface area contributed by atoms with Gasteiger partial charge >= 0.3 is 5.97 Å². The van der Waals surface area contributed by atoms with Gasteiger partial charge < -0.3 is 14.9 Å². The largest absolute Gasteiger partial charge is 0.457 e. The van der Waals surface area contributed by atoms with Crippen LogP contribution in [0.2, 0.25) is 0 Å². The van der Waals surface area contributed by atoms with E-state index in [0.717, 1.165) is 35.5 Å². The lowest BCUT2D eigenvalue weighted by atomic mass is 9.94. The van der Waals surface area contributed by atoms with Crippen LogP contribution in [0.25, 0.3) is 6.08 Å². The summed E-state index contributed by atoms with van der Waals surface area (Å²) in [4.78, 5) is 17.3. The van der Waals surface area contributed by atoms with E-state index in [2.05, 4.69) is 24.9 Å². The molecule has 0 saturated heterocycles. The Morgan fingerprint density at radius 3 is 2.61 bits per heavy atom. The molecule has 5 nitrogen and oxygen atoms in total. The van der Waals surface area contributed by atoms with E-state index in [1.807, 2.05) is 46.1 Å². The highest BCUT2D eigenvalue weighted by Crippen LogP contribution is 2.37. The van der Waals surface area contributed by atoms with Crippen LogP contribution in [-0.4, -0.2) is 49.5 Å². The number of cyclic esters (lactones) is 1. The Balaban J connectivity index is 2.27. The lowest BCUT2D eigenvalue weighted by Crippen LogP contribution is -2.40. The summed E-state index contributed by atoms with van der Waals surface area (Å²) in [5, 5.41) is 24.6. The molecule has 5 atom stereocenters. The molecule has 2 heterocycles. The molecular formula is C26H41NO4S2. The summed E-state index contributed by atoms with van der Waals surface area (Å²) >= 11 is 3.13. The van der Waals surface area contributed by atoms with Crippen LogP contribution >= 0.6 is 23.1 Å². The van der Waals surface area contributed by atoms with Crippen molar-refractivity contribution in [2.24, 2.45) is 5.92 Å². The lowest BCUT2D eigenvalue weighted by molar-refractivity contribution is -0.149. The van der Waals surface area contributed by atoms with Gasteiger partial charge in [0.25, 0.3) is 0 Å². The van der Waals surface area contributed by atoms with Gasteiger partial charge in [-0.05, 0) is 71.4 Å². The molecule has 0 aromatic carbocycles. The average molecular weight is 496 g/mol. The number of rotatable bonds is 2. The van der Waals surface area contributed by atoms with Crippen LogP contribution in [0.15, 0.2) is 22.6 Å². The summed E-state index contributed by atoms with van der Waals surface area (Å²) in [7, 11) is 0. The van der Waals surface area contributed by atoms with Crippen LogP contribution in [0.1, 0.15) is 84.3 Å². The van der Waals surface area contributed by atoms with Crippen molar-refractivity contribution >= 4 is 35.1 Å². The minimum atomic E-state index is -0.878. The van der Waals surface area contributed by atoms with E-state index >= 15 is 0 Å². The fourth-order valence-electron chi connectivity index (χ4n) is 4.08. The molecule has 186 valence electrons. The molecule has 2 rings (SSSR count). The Bertz CT molecular complexity index is 845. The van der Waals surface area contributed by atoms with Crippen LogP contribution in [-0.2, 0) is 9.53 Å². The van der Waals surface area contributed by atoms with Gasteiger partial charge in [0.1, 0.15) is 6.10 Å². The molecule has 0 bridgehead atoms. The summed E-state index contributed by atoms with van der Waals surface area (Å²) in [6.45, 7) is 14.0. The number of thioether (sulfide) groups is 1. The molecule has 1 aliphatic heterocycles. The zero-order valence-corrected chi connectivity index (χ0v) is 22.8. The molecule has 0 spiro atoms. The van der Waals surface area contributed by atoms with E-state index in [4.69, 9.17) is 4.74 Å². The summed E-state index contributed by atoms with van der Waals surface area (Å²) in [5.74, 6) is -0.242. The highest BCUT2D eigenvalue weighted by molar-refractivity contribution is 8.01. The summed E-state index contributed by atoms with van der Waals surface area (Å²) in [6, 6.07) is 0. The van der Waals surface area contributed by atoms with Crippen molar-refractivity contribution in [1.82, 2.24) is 4.98 Å². The van der Waals surface area contributed by atoms with Gasteiger partial charge in [-0.3, -0.25) is 4.79 Å². The maximum Gasteiger partial charge on any atom is 0.309 e. The third kappa shape index (κ3) is 8.85. The predicted octanol–water partition coefficient (Wildman–Crippen LogP) is 5.94. The fourth-order valence-corrected chi connectivity index (χ4v) is 6.26. The first-order valence-corrected chi connectivity index (χ1v) is 13.6. The molecule has 0 amide bonds. The summed E-state index contributed by atoms with van der Waals surface area (Å²) < 4.78 is 5.28. The molecule has 7 heteroatoms. The Labute approximate surface area is 207 Å². The first-order chi connectivity index (χ1) is 15.4. The number of hydrogen-bond acceptors (Lipinski definition) is 7. The number of aliphatic hydroxyl groups is 2.